The number of nitro benzene ring substituents is 1. The standard InChI is InChI=1S/C14H9FN2O3/c15-12-3-6-14(17(18)19)11(7-12)9-20-13-4-1-10(8-16)2-5-13/h1-7H,9H2. The van der Waals surface area contributed by atoms with Crippen LogP contribution in [0.4, 0.5) is 10.1 Å². The van der Waals surface area contributed by atoms with E-state index in [0.717, 1.165) is 18.2 Å². The van der Waals surface area contributed by atoms with Crippen molar-refractivity contribution < 1.29 is 14.1 Å². The minimum atomic E-state index is -0.586. The second-order valence-corrected chi connectivity index (χ2v) is 3.95. The van der Waals surface area contributed by atoms with Gasteiger partial charge in [0.05, 0.1) is 22.1 Å². The summed E-state index contributed by atoms with van der Waals surface area (Å²) in [5.41, 5.74) is 0.438. The number of nitro groups is 1. The van der Waals surface area contributed by atoms with E-state index in [4.69, 9.17) is 10.00 Å². The Hall–Kier alpha value is -2.94. The summed E-state index contributed by atoms with van der Waals surface area (Å²) in [7, 11) is 0. The van der Waals surface area contributed by atoms with Crippen molar-refractivity contribution in [2.24, 2.45) is 0 Å². The maximum Gasteiger partial charge on any atom is 0.276 e. The Morgan fingerprint density at radius 3 is 2.55 bits per heavy atom. The predicted molar refractivity (Wildman–Crippen MR) is 68.5 cm³/mol. The van der Waals surface area contributed by atoms with Crippen molar-refractivity contribution in [3.05, 3.63) is 69.5 Å². The Labute approximate surface area is 114 Å². The smallest absolute Gasteiger partial charge is 0.276 e. The van der Waals surface area contributed by atoms with E-state index in [0.29, 0.717) is 11.3 Å². The van der Waals surface area contributed by atoms with Crippen LogP contribution in [0.5, 0.6) is 5.75 Å². The van der Waals surface area contributed by atoms with Crippen molar-refractivity contribution in [3.8, 4) is 11.8 Å². The molecule has 5 nitrogen and oxygen atoms in total. The molecule has 100 valence electrons. The fourth-order valence-corrected chi connectivity index (χ4v) is 1.63. The fourth-order valence-electron chi connectivity index (χ4n) is 1.63. The largest absolute Gasteiger partial charge is 0.489 e. The zero-order valence-electron chi connectivity index (χ0n) is 10.2. The molecule has 0 spiro atoms. The normalized spacial score (nSPS) is 9.80. The highest BCUT2D eigenvalue weighted by Crippen LogP contribution is 2.22. The van der Waals surface area contributed by atoms with Crippen molar-refractivity contribution in [1.82, 2.24) is 0 Å². The molecule has 0 N–H and O–H groups in total. The van der Waals surface area contributed by atoms with Gasteiger partial charge in [-0.05, 0) is 36.4 Å². The van der Waals surface area contributed by atoms with Crippen molar-refractivity contribution in [1.29, 1.82) is 5.26 Å². The summed E-state index contributed by atoms with van der Waals surface area (Å²) in [6.07, 6.45) is 0. The molecular formula is C14H9FN2O3. The molecule has 0 aliphatic heterocycles. The molecule has 2 rings (SSSR count). The zero-order valence-corrected chi connectivity index (χ0v) is 10.2. The van der Waals surface area contributed by atoms with Gasteiger partial charge in [0.15, 0.2) is 0 Å². The van der Waals surface area contributed by atoms with Gasteiger partial charge in [0, 0.05) is 6.07 Å². The third kappa shape index (κ3) is 3.09. The van der Waals surface area contributed by atoms with Gasteiger partial charge in [0.2, 0.25) is 0 Å². The van der Waals surface area contributed by atoms with E-state index < -0.39 is 10.7 Å². The number of rotatable bonds is 4. The molecule has 0 amide bonds. The molecule has 6 heteroatoms. The summed E-state index contributed by atoms with van der Waals surface area (Å²) in [6.45, 7) is -0.125. The predicted octanol–water partition coefficient (Wildman–Crippen LogP) is 3.18. The Morgan fingerprint density at radius 1 is 1.25 bits per heavy atom. The highest BCUT2D eigenvalue weighted by Gasteiger charge is 2.14. The van der Waals surface area contributed by atoms with Crippen LogP contribution in [0.2, 0.25) is 0 Å². The zero-order chi connectivity index (χ0) is 14.5. The first-order valence-electron chi connectivity index (χ1n) is 5.66. The Kier molecular flexibility index (Phi) is 3.91. The third-order valence-corrected chi connectivity index (χ3v) is 2.62. The lowest BCUT2D eigenvalue weighted by atomic mass is 10.2. The lowest BCUT2D eigenvalue weighted by Crippen LogP contribution is -2.01. The summed E-state index contributed by atoms with van der Waals surface area (Å²) < 4.78 is 18.5. The van der Waals surface area contributed by atoms with Crippen molar-refractivity contribution in [3.63, 3.8) is 0 Å². The number of nitriles is 1. The minimum Gasteiger partial charge on any atom is -0.489 e. The summed E-state index contributed by atoms with van der Waals surface area (Å²) in [5.74, 6) is -0.114. The number of halogens is 1. The number of hydrogen-bond acceptors (Lipinski definition) is 4. The number of benzene rings is 2. The van der Waals surface area contributed by atoms with Gasteiger partial charge < -0.3 is 4.74 Å². The molecular weight excluding hydrogens is 263 g/mol. The van der Waals surface area contributed by atoms with E-state index in [1.165, 1.54) is 0 Å². The molecule has 0 fully saturated rings. The first kappa shape index (κ1) is 13.5. The van der Waals surface area contributed by atoms with Gasteiger partial charge in [0.25, 0.3) is 5.69 Å². The van der Waals surface area contributed by atoms with Crippen LogP contribution in [-0.2, 0) is 6.61 Å². The number of ether oxygens (including phenoxy) is 1. The molecule has 0 aliphatic carbocycles. The van der Waals surface area contributed by atoms with Crippen LogP contribution in [0.1, 0.15) is 11.1 Å². The second kappa shape index (κ2) is 5.80. The van der Waals surface area contributed by atoms with Crippen LogP contribution in [0.15, 0.2) is 42.5 Å². The van der Waals surface area contributed by atoms with Gasteiger partial charge in [-0.25, -0.2) is 4.39 Å². The molecule has 0 saturated carbocycles. The van der Waals surface area contributed by atoms with Crippen LogP contribution in [-0.4, -0.2) is 4.92 Å². The van der Waals surface area contributed by atoms with Crippen LogP contribution in [0.3, 0.4) is 0 Å². The number of hydrogen-bond donors (Lipinski definition) is 0. The van der Waals surface area contributed by atoms with Gasteiger partial charge in [0.1, 0.15) is 18.2 Å². The van der Waals surface area contributed by atoms with Gasteiger partial charge in [-0.1, -0.05) is 0 Å². The van der Waals surface area contributed by atoms with Gasteiger partial charge in [-0.15, -0.1) is 0 Å². The highest BCUT2D eigenvalue weighted by atomic mass is 19.1. The van der Waals surface area contributed by atoms with E-state index in [-0.39, 0.29) is 17.9 Å². The molecule has 0 heterocycles. The molecule has 0 saturated heterocycles. The Bertz CT molecular complexity index is 678. The monoisotopic (exact) mass is 272 g/mol. The summed E-state index contributed by atoms with van der Waals surface area (Å²) in [5, 5.41) is 19.5. The molecule has 0 aliphatic rings. The molecule has 0 unspecified atom stereocenters. The highest BCUT2D eigenvalue weighted by molar-refractivity contribution is 5.40. The van der Waals surface area contributed by atoms with Crippen LogP contribution < -0.4 is 4.74 Å². The first-order chi connectivity index (χ1) is 9.60. The first-order valence-corrected chi connectivity index (χ1v) is 5.66. The van der Waals surface area contributed by atoms with Crippen molar-refractivity contribution >= 4 is 5.69 Å². The summed E-state index contributed by atoms with van der Waals surface area (Å²) in [4.78, 5) is 10.2. The molecule has 20 heavy (non-hydrogen) atoms. The second-order valence-electron chi connectivity index (χ2n) is 3.95. The summed E-state index contributed by atoms with van der Waals surface area (Å²) >= 11 is 0. The van der Waals surface area contributed by atoms with Crippen LogP contribution >= 0.6 is 0 Å². The molecule has 2 aromatic carbocycles. The third-order valence-electron chi connectivity index (χ3n) is 2.62. The van der Waals surface area contributed by atoms with E-state index in [1.807, 2.05) is 6.07 Å². The average Bonchev–Trinajstić information content (AvgIpc) is 2.45. The van der Waals surface area contributed by atoms with Gasteiger partial charge in [-0.3, -0.25) is 10.1 Å². The van der Waals surface area contributed by atoms with E-state index in [1.54, 1.807) is 24.3 Å². The number of nitrogens with zero attached hydrogens (tertiary/aromatic N) is 2. The van der Waals surface area contributed by atoms with Crippen LogP contribution in [0, 0.1) is 27.3 Å². The lowest BCUT2D eigenvalue weighted by Gasteiger charge is -2.07. The summed E-state index contributed by atoms with van der Waals surface area (Å²) in [6, 6.07) is 11.4. The molecule has 0 radical (unpaired) electrons. The average molecular weight is 272 g/mol. The Balaban J connectivity index is 2.15. The maximum atomic E-state index is 13.1. The van der Waals surface area contributed by atoms with Crippen LogP contribution in [0.25, 0.3) is 0 Å². The van der Waals surface area contributed by atoms with Crippen molar-refractivity contribution in [2.75, 3.05) is 0 Å². The molecule has 0 aromatic heterocycles. The van der Waals surface area contributed by atoms with E-state index >= 15 is 0 Å². The van der Waals surface area contributed by atoms with E-state index in [9.17, 15) is 14.5 Å². The molecule has 0 atom stereocenters. The SMILES string of the molecule is N#Cc1ccc(OCc2cc(F)ccc2[N+](=O)[O-])cc1. The molecule has 2 aromatic rings. The lowest BCUT2D eigenvalue weighted by molar-refractivity contribution is -0.385. The van der Waals surface area contributed by atoms with Crippen molar-refractivity contribution in [2.45, 2.75) is 6.61 Å². The Morgan fingerprint density at radius 2 is 1.95 bits per heavy atom. The minimum absolute atomic E-state index is 0.125. The fraction of sp³-hybridized carbons (Fsp3) is 0.0714. The maximum absolute atomic E-state index is 13.1. The molecule has 0 bridgehead atoms. The van der Waals surface area contributed by atoms with Gasteiger partial charge in [-0.2, -0.15) is 5.26 Å². The quantitative estimate of drug-likeness (QED) is 0.632. The van der Waals surface area contributed by atoms with E-state index in [2.05, 4.69) is 0 Å². The topological polar surface area (TPSA) is 76.2 Å². The van der Waals surface area contributed by atoms with Gasteiger partial charge >= 0.3 is 0 Å².